The number of carboxylic acid groups (broad SMARTS) is 1. The van der Waals surface area contributed by atoms with Crippen LogP contribution in [0.3, 0.4) is 0 Å². The SMILES string of the molecule is CC(=O)Nc1cccc(NC(=O)c2ccc(C(=O)O)o2)c1. The van der Waals surface area contributed by atoms with Crippen LogP contribution in [0.15, 0.2) is 40.8 Å². The Morgan fingerprint density at radius 1 is 1.00 bits per heavy atom. The lowest BCUT2D eigenvalue weighted by Gasteiger charge is -2.06. The van der Waals surface area contributed by atoms with E-state index in [0.29, 0.717) is 11.4 Å². The van der Waals surface area contributed by atoms with E-state index in [1.807, 2.05) is 0 Å². The van der Waals surface area contributed by atoms with E-state index in [1.165, 1.54) is 19.1 Å². The number of amides is 2. The molecule has 0 aliphatic rings. The number of anilines is 2. The molecule has 0 fully saturated rings. The number of aromatic carboxylic acids is 1. The highest BCUT2D eigenvalue weighted by Crippen LogP contribution is 2.17. The van der Waals surface area contributed by atoms with Crippen LogP contribution in [-0.2, 0) is 4.79 Å². The van der Waals surface area contributed by atoms with Gasteiger partial charge in [-0.05, 0) is 30.3 Å². The van der Waals surface area contributed by atoms with Crippen molar-refractivity contribution in [2.24, 2.45) is 0 Å². The molecule has 1 aromatic carbocycles. The molecule has 0 atom stereocenters. The Hall–Kier alpha value is -3.09. The van der Waals surface area contributed by atoms with Gasteiger partial charge >= 0.3 is 5.97 Å². The second-order valence-electron chi connectivity index (χ2n) is 4.19. The van der Waals surface area contributed by atoms with Crippen LogP contribution in [0.1, 0.15) is 28.0 Å². The minimum Gasteiger partial charge on any atom is -0.475 e. The number of carbonyl (C=O) groups excluding carboxylic acids is 2. The normalized spacial score (nSPS) is 9.95. The van der Waals surface area contributed by atoms with Gasteiger partial charge in [0.2, 0.25) is 11.7 Å². The average Bonchev–Trinajstić information content (AvgIpc) is 2.88. The first-order valence-corrected chi connectivity index (χ1v) is 5.98. The highest BCUT2D eigenvalue weighted by molar-refractivity contribution is 6.03. The third kappa shape index (κ3) is 3.69. The van der Waals surface area contributed by atoms with Crippen molar-refractivity contribution in [2.75, 3.05) is 10.6 Å². The van der Waals surface area contributed by atoms with Crippen molar-refractivity contribution in [3.8, 4) is 0 Å². The van der Waals surface area contributed by atoms with Gasteiger partial charge in [-0.15, -0.1) is 0 Å². The Bertz CT molecular complexity index is 705. The van der Waals surface area contributed by atoms with Gasteiger partial charge in [0.05, 0.1) is 0 Å². The van der Waals surface area contributed by atoms with Crippen LogP contribution in [0.2, 0.25) is 0 Å². The van der Waals surface area contributed by atoms with Gasteiger partial charge in [0.1, 0.15) is 0 Å². The molecule has 0 radical (unpaired) electrons. The molecule has 108 valence electrons. The first-order chi connectivity index (χ1) is 9.95. The fraction of sp³-hybridized carbons (Fsp3) is 0.0714. The molecule has 0 aliphatic heterocycles. The molecule has 21 heavy (non-hydrogen) atoms. The Balaban J connectivity index is 2.11. The summed E-state index contributed by atoms with van der Waals surface area (Å²) in [5.41, 5.74) is 0.977. The minimum atomic E-state index is -1.25. The van der Waals surface area contributed by atoms with E-state index in [1.54, 1.807) is 24.3 Å². The van der Waals surface area contributed by atoms with Crippen LogP contribution in [0.5, 0.6) is 0 Å². The van der Waals surface area contributed by atoms with Gasteiger partial charge in [0.15, 0.2) is 5.76 Å². The summed E-state index contributed by atoms with van der Waals surface area (Å²) in [4.78, 5) is 33.5. The van der Waals surface area contributed by atoms with Gasteiger partial charge in [-0.1, -0.05) is 6.07 Å². The number of carbonyl (C=O) groups is 3. The van der Waals surface area contributed by atoms with Gasteiger partial charge < -0.3 is 20.2 Å². The molecule has 7 nitrogen and oxygen atoms in total. The molecular weight excluding hydrogens is 276 g/mol. The summed E-state index contributed by atoms with van der Waals surface area (Å²) in [7, 11) is 0. The predicted octanol–water partition coefficient (Wildman–Crippen LogP) is 2.19. The average molecular weight is 288 g/mol. The van der Waals surface area contributed by atoms with E-state index < -0.39 is 11.9 Å². The zero-order chi connectivity index (χ0) is 15.4. The Morgan fingerprint density at radius 3 is 2.19 bits per heavy atom. The van der Waals surface area contributed by atoms with Crippen LogP contribution in [0.25, 0.3) is 0 Å². The molecule has 2 aromatic rings. The number of rotatable bonds is 4. The zero-order valence-electron chi connectivity index (χ0n) is 11.0. The molecule has 2 rings (SSSR count). The molecule has 1 aromatic heterocycles. The van der Waals surface area contributed by atoms with E-state index in [0.717, 1.165) is 0 Å². The first kappa shape index (κ1) is 14.3. The van der Waals surface area contributed by atoms with Gasteiger partial charge in [0, 0.05) is 18.3 Å². The van der Waals surface area contributed by atoms with Crippen LogP contribution in [0, 0.1) is 0 Å². The number of hydrogen-bond acceptors (Lipinski definition) is 4. The maximum atomic E-state index is 11.9. The topological polar surface area (TPSA) is 109 Å². The van der Waals surface area contributed by atoms with Crippen molar-refractivity contribution in [3.05, 3.63) is 47.9 Å². The number of carboxylic acids is 1. The lowest BCUT2D eigenvalue weighted by Crippen LogP contribution is -2.12. The standard InChI is InChI=1S/C14H12N2O5/c1-8(17)15-9-3-2-4-10(7-9)16-13(18)11-5-6-12(21-11)14(19)20/h2-7H,1H3,(H,15,17)(H,16,18)(H,19,20). The van der Waals surface area contributed by atoms with Gasteiger partial charge in [-0.3, -0.25) is 9.59 Å². The Morgan fingerprint density at radius 2 is 1.62 bits per heavy atom. The quantitative estimate of drug-likeness (QED) is 0.799. The third-order valence-corrected chi connectivity index (χ3v) is 2.48. The molecule has 7 heteroatoms. The lowest BCUT2D eigenvalue weighted by molar-refractivity contribution is -0.114. The Labute approximate surface area is 119 Å². The molecule has 0 saturated heterocycles. The molecule has 1 heterocycles. The minimum absolute atomic E-state index is 0.114. The Kier molecular flexibility index (Phi) is 4.03. The maximum Gasteiger partial charge on any atom is 0.371 e. The summed E-state index contributed by atoms with van der Waals surface area (Å²) in [5.74, 6) is -2.48. The first-order valence-electron chi connectivity index (χ1n) is 5.98. The molecule has 0 spiro atoms. The number of benzene rings is 1. The molecule has 0 saturated carbocycles. The summed E-state index contributed by atoms with van der Waals surface area (Å²) in [6.45, 7) is 1.38. The molecule has 0 aliphatic carbocycles. The van der Waals surface area contributed by atoms with E-state index in [9.17, 15) is 14.4 Å². The van der Waals surface area contributed by atoms with Crippen molar-refractivity contribution in [3.63, 3.8) is 0 Å². The lowest BCUT2D eigenvalue weighted by atomic mass is 10.2. The van der Waals surface area contributed by atoms with Gasteiger partial charge in [-0.25, -0.2) is 4.79 Å². The maximum absolute atomic E-state index is 11.9. The monoisotopic (exact) mass is 288 g/mol. The van der Waals surface area contributed by atoms with Crippen molar-refractivity contribution in [2.45, 2.75) is 6.92 Å². The van der Waals surface area contributed by atoms with E-state index >= 15 is 0 Å². The number of hydrogen-bond donors (Lipinski definition) is 3. The molecule has 2 amide bonds. The van der Waals surface area contributed by atoms with Gasteiger partial charge in [0.25, 0.3) is 5.91 Å². The number of furan rings is 1. The highest BCUT2D eigenvalue weighted by atomic mass is 16.4. The van der Waals surface area contributed by atoms with Gasteiger partial charge in [-0.2, -0.15) is 0 Å². The van der Waals surface area contributed by atoms with Crippen molar-refractivity contribution in [1.82, 2.24) is 0 Å². The molecule has 3 N–H and O–H groups in total. The molecular formula is C14H12N2O5. The van der Waals surface area contributed by atoms with Crippen LogP contribution in [0.4, 0.5) is 11.4 Å². The van der Waals surface area contributed by atoms with Crippen molar-refractivity contribution < 1.29 is 23.9 Å². The van der Waals surface area contributed by atoms with E-state index in [-0.39, 0.29) is 17.4 Å². The van der Waals surface area contributed by atoms with E-state index in [2.05, 4.69) is 10.6 Å². The molecule has 0 unspecified atom stereocenters. The molecule has 0 bridgehead atoms. The smallest absolute Gasteiger partial charge is 0.371 e. The highest BCUT2D eigenvalue weighted by Gasteiger charge is 2.15. The van der Waals surface area contributed by atoms with Crippen molar-refractivity contribution in [1.29, 1.82) is 0 Å². The third-order valence-electron chi connectivity index (χ3n) is 2.48. The summed E-state index contributed by atoms with van der Waals surface area (Å²) in [5, 5.41) is 13.9. The van der Waals surface area contributed by atoms with Crippen LogP contribution < -0.4 is 10.6 Å². The summed E-state index contributed by atoms with van der Waals surface area (Å²) in [6.07, 6.45) is 0. The largest absolute Gasteiger partial charge is 0.475 e. The fourth-order valence-corrected chi connectivity index (χ4v) is 1.65. The van der Waals surface area contributed by atoms with Crippen LogP contribution >= 0.6 is 0 Å². The predicted molar refractivity (Wildman–Crippen MR) is 74.4 cm³/mol. The summed E-state index contributed by atoms with van der Waals surface area (Å²) >= 11 is 0. The van der Waals surface area contributed by atoms with Crippen molar-refractivity contribution >= 4 is 29.2 Å². The second-order valence-corrected chi connectivity index (χ2v) is 4.19. The zero-order valence-corrected chi connectivity index (χ0v) is 11.0. The van der Waals surface area contributed by atoms with E-state index in [4.69, 9.17) is 9.52 Å². The van der Waals surface area contributed by atoms with Crippen LogP contribution in [-0.4, -0.2) is 22.9 Å². The fourth-order valence-electron chi connectivity index (χ4n) is 1.65. The summed E-state index contributed by atoms with van der Waals surface area (Å²) < 4.78 is 4.89. The number of nitrogens with one attached hydrogen (secondary N) is 2. The second kappa shape index (κ2) is 5.91. The summed E-state index contributed by atoms with van der Waals surface area (Å²) in [6, 6.07) is 9.00.